The minimum Gasteiger partial charge on any atom is -0.486 e. The number of hydrogen-bond acceptors (Lipinski definition) is 4. The van der Waals surface area contributed by atoms with Crippen LogP contribution < -0.4 is 8.92 Å². The van der Waals surface area contributed by atoms with Gasteiger partial charge < -0.3 is 8.92 Å². The van der Waals surface area contributed by atoms with Gasteiger partial charge >= 0.3 is 10.1 Å². The SMILES string of the molecule is CC(C)=CCOc1ccc(-c2cc(C)c(-c3ccc(OS(C)(=O)=O)cc3)cc2C)cc1F. The summed E-state index contributed by atoms with van der Waals surface area (Å²) in [4.78, 5) is 0. The van der Waals surface area contributed by atoms with E-state index in [1.807, 2.05) is 64.1 Å². The van der Waals surface area contributed by atoms with Crippen LogP contribution in [0.5, 0.6) is 11.5 Å². The third-order valence-electron chi connectivity index (χ3n) is 4.96. The van der Waals surface area contributed by atoms with Crippen molar-refractivity contribution < 1.29 is 21.7 Å². The highest BCUT2D eigenvalue weighted by molar-refractivity contribution is 7.86. The standard InChI is InChI=1S/C26H27FO4S/c1-17(2)12-13-30-26-11-8-21(16-25(26)27)24-15-18(3)23(14-19(24)4)20-6-9-22(10-7-20)31-32(5,28)29/h6-12,14-16H,13H2,1-5H3. The Morgan fingerprint density at radius 2 is 1.47 bits per heavy atom. The zero-order valence-electron chi connectivity index (χ0n) is 18.9. The molecule has 0 N–H and O–H groups in total. The molecule has 32 heavy (non-hydrogen) atoms. The molecule has 0 saturated carbocycles. The predicted molar refractivity (Wildman–Crippen MR) is 127 cm³/mol. The minimum absolute atomic E-state index is 0.230. The molecule has 0 aliphatic carbocycles. The molecule has 3 aromatic carbocycles. The molecule has 0 radical (unpaired) electrons. The second-order valence-electron chi connectivity index (χ2n) is 8.03. The molecular weight excluding hydrogens is 427 g/mol. The minimum atomic E-state index is -3.56. The van der Waals surface area contributed by atoms with Gasteiger partial charge in [0.15, 0.2) is 11.6 Å². The van der Waals surface area contributed by atoms with E-state index >= 15 is 0 Å². The Morgan fingerprint density at radius 1 is 0.906 bits per heavy atom. The first-order valence-corrected chi connectivity index (χ1v) is 12.0. The van der Waals surface area contributed by atoms with Crippen LogP contribution in [0, 0.1) is 19.7 Å². The quantitative estimate of drug-likeness (QED) is 0.304. The summed E-state index contributed by atoms with van der Waals surface area (Å²) in [7, 11) is -3.56. The van der Waals surface area contributed by atoms with Crippen LogP contribution in [0.25, 0.3) is 22.3 Å². The van der Waals surface area contributed by atoms with Crippen LogP contribution in [-0.4, -0.2) is 21.3 Å². The van der Waals surface area contributed by atoms with Crippen LogP contribution in [-0.2, 0) is 10.1 Å². The number of ether oxygens (including phenoxy) is 1. The Hall–Kier alpha value is -3.12. The van der Waals surface area contributed by atoms with Crippen LogP contribution in [0.15, 0.2) is 66.2 Å². The fraction of sp³-hybridized carbons (Fsp3) is 0.231. The number of halogens is 1. The Morgan fingerprint density at radius 3 is 2.00 bits per heavy atom. The van der Waals surface area contributed by atoms with Gasteiger partial charge in [-0.15, -0.1) is 0 Å². The van der Waals surface area contributed by atoms with Crippen LogP contribution in [0.4, 0.5) is 4.39 Å². The first-order valence-electron chi connectivity index (χ1n) is 10.2. The van der Waals surface area contributed by atoms with Crippen molar-refractivity contribution in [3.63, 3.8) is 0 Å². The molecule has 0 fully saturated rings. The number of aryl methyl sites for hydroxylation is 2. The van der Waals surface area contributed by atoms with Crippen LogP contribution in [0.2, 0.25) is 0 Å². The zero-order valence-corrected chi connectivity index (χ0v) is 19.7. The van der Waals surface area contributed by atoms with E-state index in [1.165, 1.54) is 6.07 Å². The summed E-state index contributed by atoms with van der Waals surface area (Å²) in [6.07, 6.45) is 2.91. The van der Waals surface area contributed by atoms with Crippen molar-refractivity contribution in [1.29, 1.82) is 0 Å². The van der Waals surface area contributed by atoms with E-state index in [9.17, 15) is 12.8 Å². The maximum absolute atomic E-state index is 14.6. The van der Waals surface area contributed by atoms with E-state index in [1.54, 1.807) is 18.2 Å². The molecule has 0 amide bonds. The van der Waals surface area contributed by atoms with Crippen molar-refractivity contribution in [2.45, 2.75) is 27.7 Å². The molecule has 0 atom stereocenters. The van der Waals surface area contributed by atoms with Gasteiger partial charge in [-0.2, -0.15) is 8.42 Å². The largest absolute Gasteiger partial charge is 0.486 e. The highest BCUT2D eigenvalue weighted by Gasteiger charge is 2.12. The average Bonchev–Trinajstić information content (AvgIpc) is 2.70. The summed E-state index contributed by atoms with van der Waals surface area (Å²) < 4.78 is 47.6. The molecule has 0 spiro atoms. The summed E-state index contributed by atoms with van der Waals surface area (Å²) in [6, 6.07) is 16.0. The Kier molecular flexibility index (Phi) is 7.04. The van der Waals surface area contributed by atoms with Gasteiger partial charge in [0.25, 0.3) is 0 Å². The van der Waals surface area contributed by atoms with E-state index < -0.39 is 15.9 Å². The predicted octanol–water partition coefficient (Wildman–Crippen LogP) is 6.46. The van der Waals surface area contributed by atoms with Crippen molar-refractivity contribution in [3.05, 3.63) is 83.2 Å². The molecule has 0 aliphatic rings. The number of benzene rings is 3. The maximum Gasteiger partial charge on any atom is 0.306 e. The second-order valence-corrected chi connectivity index (χ2v) is 9.61. The number of rotatable bonds is 7. The Bertz CT molecular complexity index is 1260. The zero-order chi connectivity index (χ0) is 23.5. The highest BCUT2D eigenvalue weighted by Crippen LogP contribution is 2.34. The van der Waals surface area contributed by atoms with E-state index in [2.05, 4.69) is 0 Å². The van der Waals surface area contributed by atoms with Crippen LogP contribution in [0.3, 0.4) is 0 Å². The van der Waals surface area contributed by atoms with Crippen molar-refractivity contribution in [2.75, 3.05) is 12.9 Å². The van der Waals surface area contributed by atoms with Crippen molar-refractivity contribution in [1.82, 2.24) is 0 Å². The smallest absolute Gasteiger partial charge is 0.306 e. The van der Waals surface area contributed by atoms with Crippen molar-refractivity contribution >= 4 is 10.1 Å². The van der Waals surface area contributed by atoms with Gasteiger partial charge in [-0.25, -0.2) is 4.39 Å². The summed E-state index contributed by atoms with van der Waals surface area (Å²) in [6.45, 7) is 8.24. The average molecular weight is 455 g/mol. The Balaban J connectivity index is 1.87. The van der Waals surface area contributed by atoms with Gasteiger partial charge in [0.2, 0.25) is 0 Å². The molecule has 0 aliphatic heterocycles. The highest BCUT2D eigenvalue weighted by atomic mass is 32.2. The first kappa shape index (κ1) is 23.5. The summed E-state index contributed by atoms with van der Waals surface area (Å²) in [5.41, 5.74) is 6.81. The van der Waals surface area contributed by atoms with Gasteiger partial charge in [0, 0.05) is 0 Å². The molecule has 3 rings (SSSR count). The van der Waals surface area contributed by atoms with E-state index in [0.29, 0.717) is 6.61 Å². The molecule has 0 saturated heterocycles. The lowest BCUT2D eigenvalue weighted by Crippen LogP contribution is -2.05. The molecule has 6 heteroatoms. The summed E-state index contributed by atoms with van der Waals surface area (Å²) in [5, 5.41) is 0. The van der Waals surface area contributed by atoms with Gasteiger partial charge in [-0.3, -0.25) is 0 Å². The molecule has 0 aromatic heterocycles. The van der Waals surface area contributed by atoms with Gasteiger partial charge in [-0.1, -0.05) is 35.9 Å². The molecular formula is C26H27FO4S. The Labute approximate surface area is 189 Å². The third-order valence-corrected chi connectivity index (χ3v) is 5.45. The van der Waals surface area contributed by atoms with E-state index in [0.717, 1.165) is 45.2 Å². The molecule has 0 heterocycles. The van der Waals surface area contributed by atoms with Gasteiger partial charge in [0.1, 0.15) is 12.4 Å². The molecule has 168 valence electrons. The fourth-order valence-electron chi connectivity index (χ4n) is 3.39. The topological polar surface area (TPSA) is 52.6 Å². The fourth-order valence-corrected chi connectivity index (χ4v) is 3.85. The first-order chi connectivity index (χ1) is 15.0. The van der Waals surface area contributed by atoms with E-state index in [4.69, 9.17) is 8.92 Å². The van der Waals surface area contributed by atoms with Gasteiger partial charge in [-0.05, 0) is 91.4 Å². The van der Waals surface area contributed by atoms with Gasteiger partial charge in [0.05, 0.1) is 6.26 Å². The lowest BCUT2D eigenvalue weighted by Gasteiger charge is -2.14. The second kappa shape index (κ2) is 9.57. The molecule has 0 unspecified atom stereocenters. The molecule has 3 aromatic rings. The molecule has 4 nitrogen and oxygen atoms in total. The van der Waals surface area contributed by atoms with E-state index in [-0.39, 0.29) is 11.5 Å². The number of allylic oxidation sites excluding steroid dienone is 1. The summed E-state index contributed by atoms with van der Waals surface area (Å²) >= 11 is 0. The van der Waals surface area contributed by atoms with Crippen molar-refractivity contribution in [3.8, 4) is 33.8 Å². The monoisotopic (exact) mass is 454 g/mol. The summed E-state index contributed by atoms with van der Waals surface area (Å²) in [5.74, 6) is 0.102. The normalized spacial score (nSPS) is 11.2. The third kappa shape index (κ3) is 5.98. The van der Waals surface area contributed by atoms with Crippen LogP contribution in [0.1, 0.15) is 25.0 Å². The number of hydrogen-bond donors (Lipinski definition) is 0. The molecule has 0 bridgehead atoms. The van der Waals surface area contributed by atoms with Crippen LogP contribution >= 0.6 is 0 Å². The maximum atomic E-state index is 14.6. The lowest BCUT2D eigenvalue weighted by atomic mass is 9.92. The van der Waals surface area contributed by atoms with Crippen molar-refractivity contribution in [2.24, 2.45) is 0 Å². The lowest BCUT2D eigenvalue weighted by molar-refractivity contribution is 0.341.